The highest BCUT2D eigenvalue weighted by atomic mass is 16.6. The van der Waals surface area contributed by atoms with Gasteiger partial charge in [0.25, 0.3) is 6.29 Å². The molecule has 2 aromatic carbocycles. The van der Waals surface area contributed by atoms with E-state index in [2.05, 4.69) is 21.3 Å². The minimum atomic E-state index is -2.43. The van der Waals surface area contributed by atoms with Gasteiger partial charge in [0.15, 0.2) is 11.4 Å². The molecule has 8 rings (SSSR count). The van der Waals surface area contributed by atoms with Gasteiger partial charge in [0.2, 0.25) is 29.4 Å². The molecule has 19 heteroatoms. The Balaban J connectivity index is 0.856. The molecule has 0 bridgehead atoms. The van der Waals surface area contributed by atoms with Crippen LogP contribution in [0.5, 0.6) is 0 Å². The monoisotopic (exact) mass is 1090 g/mol. The van der Waals surface area contributed by atoms with Crippen LogP contribution in [0.3, 0.4) is 0 Å². The standard InChI is InChI=1S/C60H77N5O14/c1-11-46(68)79-60(25-23-42-40-27-32(4)43-28-35(66)22-24-58(43,9)47(40)45(67)29-59(42,60)10)49(69)54(74)78-53(73)48(31(2)3)63-51(71)44-21-16-26-65(44)52(72)34(6)61-50(70)33(5)62-55(75)57(7,8)64-56(76)77-30-41-38-19-14-12-17-36(38)37-18-13-15-20-39(37)41/h12-15,17-20,22,24,28,31-34,40-42,44-45,47-48,54,67,74H,11,16,21,23,25-27,29-30H2,1-10H3,(H,61,70)(H,62,75)(H,63,71)(H,64,76)/t32-,33-,34-,40-,42-,44-,45-,47+,48-,54?,58-,59-,60-/m0/s1. The van der Waals surface area contributed by atoms with E-state index in [1.165, 1.54) is 38.7 Å². The SMILES string of the molecule is CCC(=O)O[C@]1(C(=O)C(O)OC(=O)[C@@H](NC(=O)[C@@H]2CCCN2C(=O)[C@H](C)NC(=O)[C@H](C)NC(=O)C(C)(C)NC(=O)OCC2c3ccccc3-c3ccccc32)C(C)C)CC[C@H]2[C@@H]3C[C@H](C)C4=CC(=O)C=C[C@]4(C)[C@H]3[C@@H](O)C[C@@]21C. The number of ether oxygens (including phenoxy) is 3. The van der Waals surface area contributed by atoms with Crippen LogP contribution in [0.15, 0.2) is 72.3 Å². The van der Waals surface area contributed by atoms with Crippen molar-refractivity contribution in [3.63, 3.8) is 0 Å². The smallest absolute Gasteiger partial charge is 0.408 e. The number of Topliss-reactive ketones (excluding diaryl/α,β-unsaturated/α-hetero) is 1. The maximum Gasteiger partial charge on any atom is 0.408 e. The molecule has 1 aliphatic heterocycles. The number of carbonyl (C=O) groups is 9. The zero-order valence-electron chi connectivity index (χ0n) is 46.9. The second kappa shape index (κ2) is 22.4. The van der Waals surface area contributed by atoms with Gasteiger partial charge >= 0.3 is 18.0 Å². The lowest BCUT2D eigenvalue weighted by molar-refractivity contribution is -0.215. The van der Waals surface area contributed by atoms with Crippen molar-refractivity contribution in [1.82, 2.24) is 26.2 Å². The van der Waals surface area contributed by atoms with Crippen LogP contribution in [0.2, 0.25) is 0 Å². The molecule has 4 fully saturated rings. The third-order valence-electron chi connectivity index (χ3n) is 18.2. The number of carbonyl (C=O) groups excluding carboxylic acids is 9. The molecular formula is C60H77N5O14. The van der Waals surface area contributed by atoms with Crippen molar-refractivity contribution < 1.29 is 67.6 Å². The quantitative estimate of drug-likeness (QED) is 0.0685. The number of nitrogens with one attached hydrogen (secondary N) is 4. The number of aliphatic hydroxyl groups excluding tert-OH is 2. The lowest BCUT2D eigenvalue weighted by Crippen LogP contribution is -2.64. The average molecular weight is 1090 g/mol. The number of likely N-dealkylation sites (tertiary alicyclic amines) is 1. The number of alkyl carbamates (subject to hydrolysis) is 1. The number of amides is 5. The zero-order valence-corrected chi connectivity index (χ0v) is 46.9. The summed E-state index contributed by atoms with van der Waals surface area (Å²) in [6, 6.07) is 10.9. The predicted molar refractivity (Wildman–Crippen MR) is 288 cm³/mol. The minimum absolute atomic E-state index is 0.00487. The summed E-state index contributed by atoms with van der Waals surface area (Å²) in [5.41, 5.74) is -0.235. The van der Waals surface area contributed by atoms with E-state index in [1.807, 2.05) is 68.5 Å². The Labute approximate surface area is 461 Å². The van der Waals surface area contributed by atoms with Gasteiger partial charge in [0, 0.05) is 35.6 Å². The van der Waals surface area contributed by atoms with Gasteiger partial charge in [-0.3, -0.25) is 33.6 Å². The average Bonchev–Trinajstić information content (AvgIpc) is 4.12. The molecule has 2 aromatic rings. The van der Waals surface area contributed by atoms with Crippen LogP contribution in [0.4, 0.5) is 4.79 Å². The van der Waals surface area contributed by atoms with E-state index in [9.17, 15) is 53.4 Å². The van der Waals surface area contributed by atoms with Crippen LogP contribution in [0.25, 0.3) is 11.1 Å². The highest BCUT2D eigenvalue weighted by Gasteiger charge is 2.72. The Kier molecular flexibility index (Phi) is 16.6. The topological polar surface area (TPSA) is 273 Å². The summed E-state index contributed by atoms with van der Waals surface area (Å²) in [5.74, 6) is -7.41. The second-order valence-corrected chi connectivity index (χ2v) is 24.0. The van der Waals surface area contributed by atoms with Crippen molar-refractivity contribution in [3.05, 3.63) is 83.5 Å². The normalized spacial score (nSPS) is 29.2. The number of allylic oxidation sites excluding steroid dienone is 4. The molecule has 6 N–H and O–H groups in total. The van der Waals surface area contributed by atoms with Crippen molar-refractivity contribution in [2.24, 2.45) is 40.4 Å². The summed E-state index contributed by atoms with van der Waals surface area (Å²) in [7, 11) is 0. The highest BCUT2D eigenvalue weighted by molar-refractivity contribution is 6.01. The molecule has 426 valence electrons. The molecule has 79 heavy (non-hydrogen) atoms. The molecule has 5 aliphatic carbocycles. The van der Waals surface area contributed by atoms with E-state index < -0.39 is 112 Å². The largest absolute Gasteiger partial charge is 0.450 e. The summed E-state index contributed by atoms with van der Waals surface area (Å²) in [4.78, 5) is 124. The van der Waals surface area contributed by atoms with Crippen LogP contribution >= 0.6 is 0 Å². The number of nitrogens with zero attached hydrogens (tertiary/aromatic N) is 1. The Hall–Kier alpha value is -6.73. The molecule has 1 heterocycles. The molecule has 13 atom stereocenters. The van der Waals surface area contributed by atoms with Gasteiger partial charge in [-0.05, 0) is 124 Å². The number of hydrogen-bond donors (Lipinski definition) is 6. The number of ketones is 2. The van der Waals surface area contributed by atoms with E-state index in [4.69, 9.17) is 14.2 Å². The van der Waals surface area contributed by atoms with Crippen molar-refractivity contribution in [1.29, 1.82) is 0 Å². The summed E-state index contributed by atoms with van der Waals surface area (Å²) >= 11 is 0. The van der Waals surface area contributed by atoms with Gasteiger partial charge < -0.3 is 50.6 Å². The number of esters is 2. The second-order valence-electron chi connectivity index (χ2n) is 24.0. The maximum atomic E-state index is 14.8. The Morgan fingerprint density at radius 3 is 2.16 bits per heavy atom. The lowest BCUT2D eigenvalue weighted by Gasteiger charge is -2.61. The molecule has 3 saturated carbocycles. The number of rotatable bonds is 17. The lowest BCUT2D eigenvalue weighted by atomic mass is 9.44. The minimum Gasteiger partial charge on any atom is -0.450 e. The molecule has 6 aliphatic rings. The van der Waals surface area contributed by atoms with Crippen LogP contribution in [-0.4, -0.2) is 129 Å². The summed E-state index contributed by atoms with van der Waals surface area (Å²) in [6.07, 6.45) is 2.34. The molecule has 1 saturated heterocycles. The summed E-state index contributed by atoms with van der Waals surface area (Å²) in [6.45, 7) is 16.6. The molecule has 0 spiro atoms. The first-order valence-electron chi connectivity index (χ1n) is 27.8. The molecule has 5 amide bonds. The number of benzene rings is 2. The predicted octanol–water partition coefficient (Wildman–Crippen LogP) is 5.09. The first-order chi connectivity index (χ1) is 37.2. The maximum absolute atomic E-state index is 14.8. The third-order valence-corrected chi connectivity index (χ3v) is 18.2. The summed E-state index contributed by atoms with van der Waals surface area (Å²) in [5, 5.41) is 34.1. The van der Waals surface area contributed by atoms with Crippen LogP contribution in [0, 0.1) is 40.4 Å². The van der Waals surface area contributed by atoms with Crippen LogP contribution in [0.1, 0.15) is 131 Å². The molecular weight excluding hydrogens is 1010 g/mol. The van der Waals surface area contributed by atoms with Gasteiger partial charge in [-0.2, -0.15) is 0 Å². The van der Waals surface area contributed by atoms with Crippen LogP contribution < -0.4 is 21.3 Å². The fourth-order valence-corrected chi connectivity index (χ4v) is 14.2. The van der Waals surface area contributed by atoms with Gasteiger partial charge in [-0.1, -0.05) is 102 Å². The van der Waals surface area contributed by atoms with E-state index in [0.717, 1.165) is 27.8 Å². The fraction of sp³-hybridized carbons (Fsp3) is 0.583. The Morgan fingerprint density at radius 1 is 0.886 bits per heavy atom. The molecule has 19 nitrogen and oxygen atoms in total. The number of aliphatic hydroxyl groups is 2. The van der Waals surface area contributed by atoms with Gasteiger partial charge in [0.1, 0.15) is 36.3 Å². The molecule has 0 aromatic heterocycles. The fourth-order valence-electron chi connectivity index (χ4n) is 14.2. The van der Waals surface area contributed by atoms with Gasteiger partial charge in [-0.25, -0.2) is 9.59 Å². The highest BCUT2D eigenvalue weighted by Crippen LogP contribution is 2.69. The van der Waals surface area contributed by atoms with E-state index in [0.29, 0.717) is 19.3 Å². The number of fused-ring (bicyclic) bond motifs is 8. The first kappa shape index (κ1) is 58.4. The van der Waals surface area contributed by atoms with E-state index >= 15 is 0 Å². The number of hydrogen-bond acceptors (Lipinski definition) is 14. The first-order valence-corrected chi connectivity index (χ1v) is 27.8. The van der Waals surface area contributed by atoms with Gasteiger partial charge in [0.05, 0.1) is 6.10 Å². The van der Waals surface area contributed by atoms with Crippen molar-refractivity contribution in [2.45, 2.75) is 168 Å². The zero-order chi connectivity index (χ0) is 57.7. The van der Waals surface area contributed by atoms with E-state index in [-0.39, 0.29) is 74.2 Å². The van der Waals surface area contributed by atoms with Gasteiger partial charge in [-0.15, -0.1) is 0 Å². The van der Waals surface area contributed by atoms with Crippen molar-refractivity contribution in [2.75, 3.05) is 13.2 Å². The summed E-state index contributed by atoms with van der Waals surface area (Å²) < 4.78 is 17.2. The van der Waals surface area contributed by atoms with Crippen LogP contribution in [-0.2, 0) is 52.6 Å². The van der Waals surface area contributed by atoms with E-state index in [1.54, 1.807) is 33.8 Å². The van der Waals surface area contributed by atoms with Crippen molar-refractivity contribution >= 4 is 53.2 Å². The Bertz CT molecular complexity index is 2820. The third kappa shape index (κ3) is 10.8. The Morgan fingerprint density at radius 2 is 1.53 bits per heavy atom. The molecule has 1 unspecified atom stereocenters. The molecule has 0 radical (unpaired) electrons. The van der Waals surface area contributed by atoms with Crippen molar-refractivity contribution in [3.8, 4) is 11.1 Å².